The van der Waals surface area contributed by atoms with E-state index < -0.39 is 0 Å². The third kappa shape index (κ3) is 3.28. The Kier molecular flexibility index (Phi) is 3.90. The first-order valence-electron chi connectivity index (χ1n) is 6.08. The summed E-state index contributed by atoms with van der Waals surface area (Å²) >= 11 is 0. The molecule has 94 valence electrons. The van der Waals surface area contributed by atoms with Crippen molar-refractivity contribution in [2.75, 3.05) is 0 Å². The normalized spacial score (nSPS) is 15.8. The molecule has 0 bridgehead atoms. The van der Waals surface area contributed by atoms with Gasteiger partial charge in [-0.2, -0.15) is 5.26 Å². The van der Waals surface area contributed by atoms with Gasteiger partial charge in [-0.05, 0) is 25.8 Å². The van der Waals surface area contributed by atoms with E-state index in [1.165, 1.54) is 0 Å². The second-order valence-electron chi connectivity index (χ2n) is 4.51. The molecule has 0 aromatic carbocycles. The molecule has 1 amide bonds. The lowest BCUT2D eigenvalue weighted by atomic mass is 10.2. The fourth-order valence-electron chi connectivity index (χ4n) is 1.59. The van der Waals surface area contributed by atoms with Gasteiger partial charge in [0, 0.05) is 24.3 Å². The molecule has 0 saturated heterocycles. The molecule has 5 heteroatoms. The van der Waals surface area contributed by atoms with Gasteiger partial charge >= 0.3 is 0 Å². The molecule has 18 heavy (non-hydrogen) atoms. The van der Waals surface area contributed by atoms with Crippen LogP contribution in [0.3, 0.4) is 0 Å². The average molecular weight is 244 g/mol. The maximum absolute atomic E-state index is 11.7. The number of amides is 1. The molecule has 1 fully saturated rings. The van der Waals surface area contributed by atoms with Crippen LogP contribution in [0.2, 0.25) is 0 Å². The minimum absolute atomic E-state index is 0.0138. The number of rotatable bonds is 5. The second-order valence-corrected chi connectivity index (χ2v) is 4.51. The topological polar surface area (TPSA) is 77.8 Å². The maximum atomic E-state index is 11.7. The maximum Gasteiger partial charge on any atom is 0.237 e. The van der Waals surface area contributed by atoms with Gasteiger partial charge < -0.3 is 10.6 Å². The first-order chi connectivity index (χ1) is 8.70. The Labute approximate surface area is 106 Å². The molecular formula is C13H16N4O. The van der Waals surface area contributed by atoms with E-state index >= 15 is 0 Å². The molecule has 0 aliphatic heterocycles. The molecule has 1 aliphatic carbocycles. The number of pyridine rings is 1. The van der Waals surface area contributed by atoms with Crippen LogP contribution in [-0.2, 0) is 11.3 Å². The van der Waals surface area contributed by atoms with Gasteiger partial charge in [-0.3, -0.25) is 4.79 Å². The summed E-state index contributed by atoms with van der Waals surface area (Å²) in [4.78, 5) is 15.7. The molecule has 0 radical (unpaired) electrons. The molecule has 1 unspecified atom stereocenters. The van der Waals surface area contributed by atoms with E-state index in [1.807, 2.05) is 19.1 Å². The summed E-state index contributed by atoms with van der Waals surface area (Å²) in [7, 11) is 0. The van der Waals surface area contributed by atoms with Crippen molar-refractivity contribution in [1.82, 2.24) is 15.6 Å². The van der Waals surface area contributed by atoms with Crippen LogP contribution < -0.4 is 10.6 Å². The van der Waals surface area contributed by atoms with Crippen molar-refractivity contribution < 1.29 is 4.79 Å². The van der Waals surface area contributed by atoms with Gasteiger partial charge in [0.1, 0.15) is 11.8 Å². The van der Waals surface area contributed by atoms with Crippen LogP contribution in [0.5, 0.6) is 0 Å². The fraction of sp³-hybridized carbons (Fsp3) is 0.462. The van der Waals surface area contributed by atoms with Crippen molar-refractivity contribution in [1.29, 1.82) is 5.26 Å². The van der Waals surface area contributed by atoms with Crippen molar-refractivity contribution in [3.05, 3.63) is 29.6 Å². The number of nitrogens with one attached hydrogen (secondary N) is 2. The Bertz CT molecular complexity index is 476. The molecule has 1 aromatic rings. The van der Waals surface area contributed by atoms with E-state index in [1.54, 1.807) is 12.3 Å². The molecule has 1 aromatic heterocycles. The Hall–Kier alpha value is -1.93. The van der Waals surface area contributed by atoms with Crippen LogP contribution in [0.25, 0.3) is 0 Å². The number of nitriles is 1. The third-order valence-corrected chi connectivity index (χ3v) is 2.91. The quantitative estimate of drug-likeness (QED) is 0.799. The zero-order valence-corrected chi connectivity index (χ0v) is 10.3. The van der Waals surface area contributed by atoms with Crippen LogP contribution >= 0.6 is 0 Å². The second kappa shape index (κ2) is 5.61. The van der Waals surface area contributed by atoms with Crippen LogP contribution in [0.1, 0.15) is 31.0 Å². The number of hydrogen-bond donors (Lipinski definition) is 2. The Morgan fingerprint density at radius 1 is 1.67 bits per heavy atom. The highest BCUT2D eigenvalue weighted by Crippen LogP contribution is 2.18. The minimum atomic E-state index is -0.266. The highest BCUT2D eigenvalue weighted by Gasteiger charge is 2.25. The molecule has 1 heterocycles. The summed E-state index contributed by atoms with van der Waals surface area (Å²) in [6.07, 6.45) is 3.75. The lowest BCUT2D eigenvalue weighted by molar-refractivity contribution is -0.122. The summed E-state index contributed by atoms with van der Waals surface area (Å²) in [5.41, 5.74) is 1.21. The van der Waals surface area contributed by atoms with E-state index in [-0.39, 0.29) is 11.9 Å². The van der Waals surface area contributed by atoms with Gasteiger partial charge in [0.2, 0.25) is 5.91 Å². The van der Waals surface area contributed by atoms with Gasteiger partial charge in [0.25, 0.3) is 0 Å². The summed E-state index contributed by atoms with van der Waals surface area (Å²) < 4.78 is 0. The zero-order valence-electron chi connectivity index (χ0n) is 10.3. The zero-order chi connectivity index (χ0) is 13.0. The Morgan fingerprint density at radius 3 is 3.11 bits per heavy atom. The number of carbonyl (C=O) groups is 1. The first kappa shape index (κ1) is 12.5. The molecule has 2 N–H and O–H groups in total. The standard InChI is InChI=1S/C13H16N4O/c1-9(13(18)17-11-4-5-11)16-8-10-3-2-6-15-12(10)7-14/h2-3,6,9,11,16H,4-5,8H2,1H3,(H,17,18). The van der Waals surface area contributed by atoms with Crippen LogP contribution in [0.4, 0.5) is 0 Å². The number of aromatic nitrogens is 1. The van der Waals surface area contributed by atoms with Gasteiger partial charge in [-0.25, -0.2) is 4.98 Å². The van der Waals surface area contributed by atoms with Gasteiger partial charge in [-0.1, -0.05) is 6.07 Å². The molecule has 1 atom stereocenters. The lowest BCUT2D eigenvalue weighted by Gasteiger charge is -2.14. The van der Waals surface area contributed by atoms with E-state index in [0.717, 1.165) is 18.4 Å². The average Bonchev–Trinajstić information content (AvgIpc) is 3.20. The van der Waals surface area contributed by atoms with Crippen molar-refractivity contribution in [2.24, 2.45) is 0 Å². The van der Waals surface area contributed by atoms with Crippen LogP contribution in [0.15, 0.2) is 18.3 Å². The predicted molar refractivity (Wildman–Crippen MR) is 66.4 cm³/mol. The molecule has 1 aliphatic rings. The molecule has 1 saturated carbocycles. The summed E-state index contributed by atoms with van der Waals surface area (Å²) in [5.74, 6) is 0.0138. The molecular weight excluding hydrogens is 228 g/mol. The predicted octanol–water partition coefficient (Wildman–Crippen LogP) is 0.710. The molecule has 5 nitrogen and oxygen atoms in total. The number of hydrogen-bond acceptors (Lipinski definition) is 4. The van der Waals surface area contributed by atoms with Crippen LogP contribution in [0, 0.1) is 11.3 Å². The highest BCUT2D eigenvalue weighted by molar-refractivity contribution is 5.81. The smallest absolute Gasteiger partial charge is 0.237 e. The number of nitrogens with zero attached hydrogens (tertiary/aromatic N) is 2. The van der Waals surface area contributed by atoms with Crippen molar-refractivity contribution in [2.45, 2.75) is 38.4 Å². The third-order valence-electron chi connectivity index (χ3n) is 2.91. The van der Waals surface area contributed by atoms with Crippen molar-refractivity contribution >= 4 is 5.91 Å². The van der Waals surface area contributed by atoms with E-state index in [4.69, 9.17) is 5.26 Å². The minimum Gasteiger partial charge on any atom is -0.352 e. The Balaban J connectivity index is 1.86. The summed E-state index contributed by atoms with van der Waals surface area (Å²) in [6, 6.07) is 5.76. The Morgan fingerprint density at radius 2 is 2.44 bits per heavy atom. The molecule has 0 spiro atoms. The van der Waals surface area contributed by atoms with E-state index in [0.29, 0.717) is 18.3 Å². The SMILES string of the molecule is CC(NCc1cccnc1C#N)C(=O)NC1CC1. The van der Waals surface area contributed by atoms with E-state index in [2.05, 4.69) is 15.6 Å². The monoisotopic (exact) mass is 244 g/mol. The van der Waals surface area contributed by atoms with Gasteiger partial charge in [0.05, 0.1) is 6.04 Å². The summed E-state index contributed by atoms with van der Waals surface area (Å²) in [5, 5.41) is 14.9. The lowest BCUT2D eigenvalue weighted by Crippen LogP contribution is -2.42. The highest BCUT2D eigenvalue weighted by atomic mass is 16.2. The number of carbonyl (C=O) groups excluding carboxylic acids is 1. The van der Waals surface area contributed by atoms with Crippen LogP contribution in [-0.4, -0.2) is 23.0 Å². The van der Waals surface area contributed by atoms with Crippen molar-refractivity contribution in [3.63, 3.8) is 0 Å². The summed E-state index contributed by atoms with van der Waals surface area (Å²) in [6.45, 7) is 2.29. The van der Waals surface area contributed by atoms with Gasteiger partial charge in [0.15, 0.2) is 0 Å². The largest absolute Gasteiger partial charge is 0.352 e. The fourth-order valence-corrected chi connectivity index (χ4v) is 1.59. The van der Waals surface area contributed by atoms with Crippen molar-refractivity contribution in [3.8, 4) is 6.07 Å². The van der Waals surface area contributed by atoms with E-state index in [9.17, 15) is 4.79 Å². The van der Waals surface area contributed by atoms with Gasteiger partial charge in [-0.15, -0.1) is 0 Å². The first-order valence-corrected chi connectivity index (χ1v) is 6.08. The molecule has 2 rings (SSSR count).